The summed E-state index contributed by atoms with van der Waals surface area (Å²) in [4.78, 5) is 27.7. The van der Waals surface area contributed by atoms with Gasteiger partial charge in [0.15, 0.2) is 6.61 Å². The number of nitrogens with zero attached hydrogens (tertiary/aromatic N) is 1. The molecule has 0 aromatic heterocycles. The van der Waals surface area contributed by atoms with Crippen LogP contribution >= 0.6 is 11.8 Å². The van der Waals surface area contributed by atoms with E-state index in [-0.39, 0.29) is 24.5 Å². The molecule has 5 nitrogen and oxygen atoms in total. The highest BCUT2D eigenvalue weighted by Crippen LogP contribution is 2.43. The van der Waals surface area contributed by atoms with Crippen LogP contribution in [0.5, 0.6) is 5.75 Å². The minimum Gasteiger partial charge on any atom is -0.482 e. The Kier molecular flexibility index (Phi) is 6.05. The Morgan fingerprint density at radius 3 is 2.50 bits per heavy atom. The number of carbonyl (C=O) groups is 2. The Bertz CT molecular complexity index is 1060. The van der Waals surface area contributed by atoms with Gasteiger partial charge in [0, 0.05) is 17.6 Å². The fraction of sp³-hybridized carbons (Fsp3) is 0.167. The number of ether oxygens (including phenoxy) is 1. The zero-order valence-electron chi connectivity index (χ0n) is 16.6. The van der Waals surface area contributed by atoms with E-state index < -0.39 is 0 Å². The Morgan fingerprint density at radius 1 is 1.00 bits per heavy atom. The van der Waals surface area contributed by atoms with E-state index in [2.05, 4.69) is 5.32 Å². The lowest BCUT2D eigenvalue weighted by molar-refractivity contribution is -0.121. The third kappa shape index (κ3) is 4.33. The third-order valence-corrected chi connectivity index (χ3v) is 5.97. The number of thioether (sulfide) groups is 1. The van der Waals surface area contributed by atoms with E-state index in [9.17, 15) is 9.59 Å². The van der Waals surface area contributed by atoms with Gasteiger partial charge in [-0.2, -0.15) is 0 Å². The molecule has 3 aromatic carbocycles. The number of hydrogen-bond donors (Lipinski definition) is 1. The third-order valence-electron chi connectivity index (χ3n) is 4.84. The average molecular weight is 419 g/mol. The van der Waals surface area contributed by atoms with Crippen molar-refractivity contribution in [3.05, 3.63) is 84.4 Å². The molecule has 3 aromatic rings. The number of anilines is 2. The normalized spacial score (nSPS) is 15.2. The molecule has 4 rings (SSSR count). The lowest BCUT2D eigenvalue weighted by atomic mass is 10.1. The smallest absolute Gasteiger partial charge is 0.265 e. The molecule has 152 valence electrons. The first kappa shape index (κ1) is 20.0. The molecule has 0 spiro atoms. The van der Waals surface area contributed by atoms with Crippen LogP contribution in [0.15, 0.2) is 83.8 Å². The minimum absolute atomic E-state index is 0.0761. The SMILES string of the molecule is CC(=O)Nc1ccccc1OCC(=O)N1c2ccccc2SC[C@@H]1c1ccccc1. The highest BCUT2D eigenvalue weighted by molar-refractivity contribution is 7.99. The molecular weight excluding hydrogens is 396 g/mol. The molecular formula is C24H22N2O3S. The fourth-order valence-electron chi connectivity index (χ4n) is 3.51. The molecule has 1 aliphatic heterocycles. The number of amides is 2. The number of rotatable bonds is 5. The monoisotopic (exact) mass is 418 g/mol. The summed E-state index contributed by atoms with van der Waals surface area (Å²) < 4.78 is 5.84. The molecule has 30 heavy (non-hydrogen) atoms. The summed E-state index contributed by atoms with van der Waals surface area (Å²) in [5.74, 6) is 0.921. The van der Waals surface area contributed by atoms with Crippen LogP contribution in [0.4, 0.5) is 11.4 Å². The van der Waals surface area contributed by atoms with E-state index in [1.54, 1.807) is 23.9 Å². The summed E-state index contributed by atoms with van der Waals surface area (Å²) in [5, 5.41) is 2.73. The van der Waals surface area contributed by atoms with Gasteiger partial charge in [-0.3, -0.25) is 14.5 Å². The van der Waals surface area contributed by atoms with Crippen molar-refractivity contribution in [2.75, 3.05) is 22.6 Å². The Hall–Kier alpha value is -3.25. The fourth-order valence-corrected chi connectivity index (χ4v) is 4.68. The van der Waals surface area contributed by atoms with Gasteiger partial charge in [-0.1, -0.05) is 54.6 Å². The summed E-state index contributed by atoms with van der Waals surface area (Å²) >= 11 is 1.75. The van der Waals surface area contributed by atoms with Gasteiger partial charge in [0.2, 0.25) is 5.91 Å². The predicted molar refractivity (Wildman–Crippen MR) is 120 cm³/mol. The van der Waals surface area contributed by atoms with Crippen molar-refractivity contribution in [2.24, 2.45) is 0 Å². The van der Waals surface area contributed by atoms with Crippen molar-refractivity contribution in [3.63, 3.8) is 0 Å². The zero-order valence-corrected chi connectivity index (χ0v) is 17.4. The van der Waals surface area contributed by atoms with E-state index in [1.807, 2.05) is 71.6 Å². The maximum atomic E-state index is 13.4. The molecule has 0 saturated heterocycles. The van der Waals surface area contributed by atoms with E-state index in [0.29, 0.717) is 11.4 Å². The molecule has 1 heterocycles. The predicted octanol–water partition coefficient (Wildman–Crippen LogP) is 4.90. The second-order valence-corrected chi connectivity index (χ2v) is 8.00. The van der Waals surface area contributed by atoms with Crippen LogP contribution in [-0.2, 0) is 9.59 Å². The molecule has 6 heteroatoms. The highest BCUT2D eigenvalue weighted by Gasteiger charge is 2.32. The van der Waals surface area contributed by atoms with Crippen LogP contribution in [-0.4, -0.2) is 24.2 Å². The second-order valence-electron chi connectivity index (χ2n) is 6.93. The van der Waals surface area contributed by atoms with Crippen molar-refractivity contribution in [3.8, 4) is 5.75 Å². The molecule has 0 saturated carbocycles. The van der Waals surface area contributed by atoms with Crippen molar-refractivity contribution < 1.29 is 14.3 Å². The standard InChI is InChI=1S/C24H22N2O3S/c1-17(27)25-19-11-5-7-13-22(19)29-15-24(28)26-20-12-6-8-14-23(20)30-16-21(26)18-9-3-2-4-10-18/h2-14,21H,15-16H2,1H3,(H,25,27)/t21-/m1/s1. The van der Waals surface area contributed by atoms with Gasteiger partial charge in [0.1, 0.15) is 5.75 Å². The van der Waals surface area contributed by atoms with Crippen molar-refractivity contribution in [1.29, 1.82) is 0 Å². The minimum atomic E-state index is -0.191. The van der Waals surface area contributed by atoms with Gasteiger partial charge in [0.25, 0.3) is 5.91 Å². The van der Waals surface area contributed by atoms with Gasteiger partial charge in [-0.05, 0) is 29.8 Å². The lowest BCUT2D eigenvalue weighted by Crippen LogP contribution is -2.41. The number of hydrogen-bond acceptors (Lipinski definition) is 4. The van der Waals surface area contributed by atoms with Gasteiger partial charge >= 0.3 is 0 Å². The molecule has 1 atom stereocenters. The highest BCUT2D eigenvalue weighted by atomic mass is 32.2. The van der Waals surface area contributed by atoms with Crippen LogP contribution < -0.4 is 15.0 Å². The molecule has 0 fully saturated rings. The van der Waals surface area contributed by atoms with Gasteiger partial charge in [-0.15, -0.1) is 11.8 Å². The van der Waals surface area contributed by atoms with Gasteiger partial charge in [-0.25, -0.2) is 0 Å². The topological polar surface area (TPSA) is 58.6 Å². The number of nitrogens with one attached hydrogen (secondary N) is 1. The molecule has 0 unspecified atom stereocenters. The Labute approximate surface area is 180 Å². The second kappa shape index (κ2) is 9.05. The number of fused-ring (bicyclic) bond motifs is 1. The van der Waals surface area contributed by atoms with Crippen molar-refractivity contribution in [1.82, 2.24) is 0 Å². The first-order valence-electron chi connectivity index (χ1n) is 9.72. The van der Waals surface area contributed by atoms with Crippen LogP contribution in [0.25, 0.3) is 0 Å². The summed E-state index contributed by atoms with van der Waals surface area (Å²) in [5.41, 5.74) is 2.53. The summed E-state index contributed by atoms with van der Waals surface area (Å²) in [6, 6.07) is 25.0. The number of benzene rings is 3. The van der Waals surface area contributed by atoms with Crippen LogP contribution in [0.3, 0.4) is 0 Å². The van der Waals surface area contributed by atoms with E-state index in [4.69, 9.17) is 4.74 Å². The number of carbonyl (C=O) groups excluding carboxylic acids is 2. The first-order valence-corrected chi connectivity index (χ1v) is 10.7. The van der Waals surface area contributed by atoms with Crippen molar-refractivity contribution >= 4 is 35.0 Å². The maximum Gasteiger partial charge on any atom is 0.265 e. The van der Waals surface area contributed by atoms with E-state index in [0.717, 1.165) is 21.9 Å². The molecule has 0 bridgehead atoms. The Balaban J connectivity index is 1.60. The first-order chi connectivity index (χ1) is 14.6. The quantitative estimate of drug-likeness (QED) is 0.640. The molecule has 2 amide bonds. The van der Waals surface area contributed by atoms with Crippen molar-refractivity contribution in [2.45, 2.75) is 17.9 Å². The van der Waals surface area contributed by atoms with Gasteiger partial charge in [0.05, 0.1) is 17.4 Å². The summed E-state index contributed by atoms with van der Waals surface area (Å²) in [6.45, 7) is 1.31. The summed E-state index contributed by atoms with van der Waals surface area (Å²) in [7, 11) is 0. The van der Waals surface area contributed by atoms with Crippen LogP contribution in [0.2, 0.25) is 0 Å². The van der Waals surface area contributed by atoms with E-state index in [1.165, 1.54) is 6.92 Å². The largest absolute Gasteiger partial charge is 0.482 e. The van der Waals surface area contributed by atoms with Crippen LogP contribution in [0, 0.1) is 0 Å². The number of para-hydroxylation sites is 3. The molecule has 1 N–H and O–H groups in total. The Morgan fingerprint density at radius 2 is 1.70 bits per heavy atom. The molecule has 0 radical (unpaired) electrons. The van der Waals surface area contributed by atoms with E-state index >= 15 is 0 Å². The van der Waals surface area contributed by atoms with Crippen LogP contribution in [0.1, 0.15) is 18.5 Å². The maximum absolute atomic E-state index is 13.4. The average Bonchev–Trinajstić information content (AvgIpc) is 2.77. The lowest BCUT2D eigenvalue weighted by Gasteiger charge is -2.37. The zero-order chi connectivity index (χ0) is 20.9. The van der Waals surface area contributed by atoms with Gasteiger partial charge < -0.3 is 10.1 Å². The molecule has 0 aliphatic carbocycles. The summed E-state index contributed by atoms with van der Waals surface area (Å²) in [6.07, 6.45) is 0. The molecule has 1 aliphatic rings.